The predicted molar refractivity (Wildman–Crippen MR) is 130 cm³/mol. The molecule has 2 aromatic carbocycles. The van der Waals surface area contributed by atoms with Gasteiger partial charge in [-0.25, -0.2) is 13.4 Å². The number of aromatic nitrogens is 2. The zero-order valence-corrected chi connectivity index (χ0v) is 20.0. The van der Waals surface area contributed by atoms with Gasteiger partial charge in [-0.1, -0.05) is 19.1 Å². The van der Waals surface area contributed by atoms with Gasteiger partial charge in [-0.15, -0.1) is 0 Å². The third kappa shape index (κ3) is 4.24. The van der Waals surface area contributed by atoms with Crippen LogP contribution in [-0.4, -0.2) is 50.3 Å². The molecule has 2 aromatic heterocycles. The van der Waals surface area contributed by atoms with Crippen LogP contribution >= 0.6 is 0 Å². The summed E-state index contributed by atoms with van der Waals surface area (Å²) >= 11 is 0. The number of rotatable bonds is 7. The molecule has 33 heavy (non-hydrogen) atoms. The van der Waals surface area contributed by atoms with Gasteiger partial charge < -0.3 is 15.0 Å². The normalized spacial score (nSPS) is 11.9. The number of aromatic amines is 1. The van der Waals surface area contributed by atoms with Crippen molar-refractivity contribution in [2.24, 2.45) is 0 Å². The van der Waals surface area contributed by atoms with Gasteiger partial charge in [0, 0.05) is 36.2 Å². The summed E-state index contributed by atoms with van der Waals surface area (Å²) < 4.78 is 30.1. The van der Waals surface area contributed by atoms with Gasteiger partial charge in [-0.2, -0.15) is 0 Å². The molecule has 8 heteroatoms. The Balaban J connectivity index is 2.02. The van der Waals surface area contributed by atoms with Gasteiger partial charge in [-0.3, -0.25) is 4.79 Å². The molecule has 1 amide bonds. The molecule has 4 aromatic rings. The van der Waals surface area contributed by atoms with E-state index in [1.807, 2.05) is 26.0 Å². The third-order valence-corrected chi connectivity index (χ3v) is 7.58. The molecule has 0 fully saturated rings. The molecule has 0 spiro atoms. The molecule has 0 radical (unpaired) electrons. The number of nitrogens with one attached hydrogen (secondary N) is 2. The average molecular weight is 466 g/mol. The largest absolute Gasteiger partial charge is 0.383 e. The fourth-order valence-corrected chi connectivity index (χ4v) is 4.97. The molecule has 2 heterocycles. The molecule has 0 saturated heterocycles. The van der Waals surface area contributed by atoms with E-state index in [0.717, 1.165) is 38.5 Å². The second-order valence-electron chi connectivity index (χ2n) is 8.06. The number of carbonyl (C=O) groups excluding carboxylic acids is 1. The van der Waals surface area contributed by atoms with E-state index in [2.05, 4.69) is 21.4 Å². The zero-order valence-electron chi connectivity index (χ0n) is 19.2. The summed E-state index contributed by atoms with van der Waals surface area (Å²) in [5, 5.41) is 4.73. The van der Waals surface area contributed by atoms with Crippen molar-refractivity contribution < 1.29 is 17.9 Å². The van der Waals surface area contributed by atoms with Gasteiger partial charge in [0.05, 0.1) is 22.8 Å². The smallest absolute Gasteiger partial charge is 0.251 e. The monoisotopic (exact) mass is 465 g/mol. The number of pyridine rings is 1. The van der Waals surface area contributed by atoms with Crippen molar-refractivity contribution >= 4 is 37.7 Å². The number of H-pyrrole nitrogens is 1. The first-order valence-electron chi connectivity index (χ1n) is 10.8. The highest BCUT2D eigenvalue weighted by molar-refractivity contribution is 7.91. The van der Waals surface area contributed by atoms with E-state index in [4.69, 9.17) is 4.74 Å². The number of methoxy groups -OCH3 is 1. The lowest BCUT2D eigenvalue weighted by atomic mass is 9.93. The number of fused-ring (bicyclic) bond motifs is 3. The molecule has 0 saturated carbocycles. The Labute approximate surface area is 193 Å². The van der Waals surface area contributed by atoms with Gasteiger partial charge in [0.15, 0.2) is 9.84 Å². The van der Waals surface area contributed by atoms with E-state index < -0.39 is 9.84 Å². The van der Waals surface area contributed by atoms with Gasteiger partial charge in [0.25, 0.3) is 5.91 Å². The molecule has 0 aliphatic carbocycles. The zero-order chi connectivity index (χ0) is 23.8. The van der Waals surface area contributed by atoms with Crippen LogP contribution in [-0.2, 0) is 14.6 Å². The second kappa shape index (κ2) is 8.96. The summed E-state index contributed by atoms with van der Waals surface area (Å²) in [7, 11) is -1.80. The van der Waals surface area contributed by atoms with E-state index in [1.165, 1.54) is 0 Å². The molecule has 172 valence electrons. The molecule has 0 atom stereocenters. The van der Waals surface area contributed by atoms with Crippen LogP contribution in [0.25, 0.3) is 33.1 Å². The third-order valence-electron chi connectivity index (χ3n) is 5.84. The van der Waals surface area contributed by atoms with E-state index in [0.29, 0.717) is 24.4 Å². The van der Waals surface area contributed by atoms with E-state index >= 15 is 0 Å². The maximum Gasteiger partial charge on any atom is 0.251 e. The number of nitrogens with zero attached hydrogens (tertiary/aromatic N) is 1. The van der Waals surface area contributed by atoms with E-state index in [1.54, 1.807) is 38.4 Å². The van der Waals surface area contributed by atoms with Gasteiger partial charge in [0.2, 0.25) is 0 Å². The minimum absolute atomic E-state index is 0.0170. The number of hydrogen-bond acceptors (Lipinski definition) is 5. The van der Waals surface area contributed by atoms with Crippen molar-refractivity contribution in [2.45, 2.75) is 25.7 Å². The molecular formula is C25H27N3O4S. The SMILES string of the molecule is CCS(=O)(=O)c1cccc(-c2cc(C(=O)NCCOC)c(C)c3[nH]c4ncc(C)cc4c23)c1. The van der Waals surface area contributed by atoms with Crippen molar-refractivity contribution in [3.63, 3.8) is 0 Å². The average Bonchev–Trinajstić information content (AvgIpc) is 3.19. The number of aryl methyl sites for hydroxylation is 2. The minimum atomic E-state index is -3.38. The van der Waals surface area contributed by atoms with Gasteiger partial charge in [-0.05, 0) is 60.4 Å². The Morgan fingerprint density at radius 3 is 2.70 bits per heavy atom. The van der Waals surface area contributed by atoms with Crippen LogP contribution in [0.15, 0.2) is 47.5 Å². The second-order valence-corrected chi connectivity index (χ2v) is 10.3. The fraction of sp³-hybridized carbons (Fsp3) is 0.280. The topological polar surface area (TPSA) is 101 Å². The Morgan fingerprint density at radius 1 is 1.18 bits per heavy atom. The highest BCUT2D eigenvalue weighted by atomic mass is 32.2. The Hall–Kier alpha value is -3.23. The van der Waals surface area contributed by atoms with Crippen LogP contribution in [0.1, 0.15) is 28.4 Å². The highest BCUT2D eigenvalue weighted by Crippen LogP contribution is 2.38. The lowest BCUT2D eigenvalue weighted by Crippen LogP contribution is -2.27. The van der Waals surface area contributed by atoms with Crippen LogP contribution in [0.5, 0.6) is 0 Å². The fourth-order valence-electron chi connectivity index (χ4n) is 4.04. The minimum Gasteiger partial charge on any atom is -0.383 e. The summed E-state index contributed by atoms with van der Waals surface area (Å²) in [5.41, 5.74) is 5.35. The predicted octanol–water partition coefficient (Wildman–Crippen LogP) is 4.17. The van der Waals surface area contributed by atoms with Crippen LogP contribution in [0, 0.1) is 13.8 Å². The summed E-state index contributed by atoms with van der Waals surface area (Å²) in [6.45, 7) is 6.30. The Bertz CT molecular complexity index is 1470. The lowest BCUT2D eigenvalue weighted by molar-refractivity contribution is 0.0936. The molecule has 0 bridgehead atoms. The van der Waals surface area contributed by atoms with E-state index in [-0.39, 0.29) is 16.6 Å². The standard InChI is InChI=1S/C25H27N3O4S/c1-5-33(30,31)18-8-6-7-17(12-18)20-13-19(25(29)26-9-10-32-4)16(3)23-22(20)21-11-15(2)14-27-24(21)28-23/h6-8,11-14H,5,9-10H2,1-4H3,(H,26,29)(H,27,28). The number of ether oxygens (including phenoxy) is 1. The van der Waals surface area contributed by atoms with Crippen LogP contribution in [0.3, 0.4) is 0 Å². The molecular weight excluding hydrogens is 438 g/mol. The number of amides is 1. The van der Waals surface area contributed by atoms with Gasteiger partial charge >= 0.3 is 0 Å². The van der Waals surface area contributed by atoms with Gasteiger partial charge in [0.1, 0.15) is 5.65 Å². The molecule has 2 N–H and O–H groups in total. The number of benzene rings is 2. The maximum absolute atomic E-state index is 13.0. The number of sulfone groups is 1. The quantitative estimate of drug-likeness (QED) is 0.399. The van der Waals surface area contributed by atoms with E-state index in [9.17, 15) is 13.2 Å². The molecule has 7 nitrogen and oxygen atoms in total. The molecule has 4 rings (SSSR count). The first-order valence-corrected chi connectivity index (χ1v) is 12.4. The van der Waals surface area contributed by atoms with Crippen molar-refractivity contribution in [3.05, 3.63) is 59.3 Å². The maximum atomic E-state index is 13.0. The van der Waals surface area contributed by atoms with Crippen molar-refractivity contribution in [1.82, 2.24) is 15.3 Å². The first-order chi connectivity index (χ1) is 15.8. The molecule has 0 aliphatic rings. The summed E-state index contributed by atoms with van der Waals surface area (Å²) in [4.78, 5) is 21.2. The number of carbonyl (C=O) groups is 1. The number of hydrogen-bond donors (Lipinski definition) is 2. The lowest BCUT2D eigenvalue weighted by Gasteiger charge is -2.14. The van der Waals surface area contributed by atoms with Crippen LogP contribution in [0.2, 0.25) is 0 Å². The van der Waals surface area contributed by atoms with Crippen LogP contribution < -0.4 is 5.32 Å². The van der Waals surface area contributed by atoms with Crippen molar-refractivity contribution in [3.8, 4) is 11.1 Å². The Morgan fingerprint density at radius 2 is 1.97 bits per heavy atom. The summed E-state index contributed by atoms with van der Waals surface area (Å²) in [6, 6.07) is 10.8. The summed E-state index contributed by atoms with van der Waals surface area (Å²) in [5.74, 6) is -0.198. The molecule has 0 unspecified atom stereocenters. The van der Waals surface area contributed by atoms with Crippen molar-refractivity contribution in [2.75, 3.05) is 26.0 Å². The Kier molecular flexibility index (Phi) is 6.23. The van der Waals surface area contributed by atoms with Crippen molar-refractivity contribution in [1.29, 1.82) is 0 Å². The van der Waals surface area contributed by atoms with Crippen LogP contribution in [0.4, 0.5) is 0 Å². The molecule has 0 aliphatic heterocycles. The highest BCUT2D eigenvalue weighted by Gasteiger charge is 2.21. The summed E-state index contributed by atoms with van der Waals surface area (Å²) in [6.07, 6.45) is 1.79. The first kappa shape index (κ1) is 22.9.